The van der Waals surface area contributed by atoms with Crippen LogP contribution in [0.3, 0.4) is 0 Å². The molecule has 2 heterocycles. The SMILES string of the molecule is Cc1cc(C)n(C(CNC(=O)c2cccc(N(C)C)c2)c2cccs2)n1. The molecule has 0 fully saturated rings. The molecule has 3 aromatic rings. The number of thiophene rings is 1. The van der Waals surface area contributed by atoms with Crippen LogP contribution in [0.1, 0.15) is 32.7 Å². The summed E-state index contributed by atoms with van der Waals surface area (Å²) in [5.74, 6) is -0.0724. The molecule has 1 atom stereocenters. The predicted molar refractivity (Wildman–Crippen MR) is 107 cm³/mol. The summed E-state index contributed by atoms with van der Waals surface area (Å²) in [6, 6.07) is 13.8. The van der Waals surface area contributed by atoms with E-state index in [4.69, 9.17) is 0 Å². The number of amides is 1. The highest BCUT2D eigenvalue weighted by Crippen LogP contribution is 2.24. The van der Waals surface area contributed by atoms with E-state index < -0.39 is 0 Å². The van der Waals surface area contributed by atoms with Crippen molar-refractivity contribution in [1.82, 2.24) is 15.1 Å². The summed E-state index contributed by atoms with van der Waals surface area (Å²) in [5.41, 5.74) is 3.74. The third kappa shape index (κ3) is 3.96. The summed E-state index contributed by atoms with van der Waals surface area (Å²) in [4.78, 5) is 15.8. The van der Waals surface area contributed by atoms with Crippen LogP contribution in [0.4, 0.5) is 5.69 Å². The minimum absolute atomic E-state index is 0.00955. The average molecular weight is 369 g/mol. The van der Waals surface area contributed by atoms with Gasteiger partial charge in [-0.3, -0.25) is 9.48 Å². The van der Waals surface area contributed by atoms with Crippen LogP contribution in [0.2, 0.25) is 0 Å². The molecule has 1 amide bonds. The van der Waals surface area contributed by atoms with Crippen molar-refractivity contribution >= 4 is 22.9 Å². The Hall–Kier alpha value is -2.60. The molecular formula is C20H24N4OS. The molecule has 136 valence electrons. The molecular weight excluding hydrogens is 344 g/mol. The Balaban J connectivity index is 1.79. The lowest BCUT2D eigenvalue weighted by molar-refractivity contribution is 0.0949. The third-order valence-corrected chi connectivity index (χ3v) is 5.27. The molecule has 3 rings (SSSR count). The van der Waals surface area contributed by atoms with Crippen LogP contribution in [0.25, 0.3) is 0 Å². The van der Waals surface area contributed by atoms with Gasteiger partial charge in [0.15, 0.2) is 0 Å². The van der Waals surface area contributed by atoms with Crippen molar-refractivity contribution in [2.24, 2.45) is 0 Å². The first-order valence-electron chi connectivity index (χ1n) is 8.57. The van der Waals surface area contributed by atoms with Gasteiger partial charge in [-0.25, -0.2) is 0 Å². The number of rotatable bonds is 6. The van der Waals surface area contributed by atoms with E-state index in [0.29, 0.717) is 12.1 Å². The number of nitrogens with zero attached hydrogens (tertiary/aromatic N) is 3. The molecule has 0 aliphatic rings. The number of nitrogens with one attached hydrogen (secondary N) is 1. The normalized spacial score (nSPS) is 12.0. The van der Waals surface area contributed by atoms with Crippen molar-refractivity contribution in [2.45, 2.75) is 19.9 Å². The van der Waals surface area contributed by atoms with E-state index in [9.17, 15) is 4.79 Å². The Morgan fingerprint density at radius 2 is 2.04 bits per heavy atom. The number of carbonyl (C=O) groups excluding carboxylic acids is 1. The van der Waals surface area contributed by atoms with Crippen LogP contribution >= 0.6 is 11.3 Å². The zero-order valence-electron chi connectivity index (χ0n) is 15.6. The third-order valence-electron chi connectivity index (χ3n) is 4.29. The van der Waals surface area contributed by atoms with Crippen LogP contribution in [-0.2, 0) is 0 Å². The summed E-state index contributed by atoms with van der Waals surface area (Å²) >= 11 is 1.68. The average Bonchev–Trinajstić information content (AvgIpc) is 3.25. The topological polar surface area (TPSA) is 50.2 Å². The Morgan fingerprint density at radius 1 is 1.23 bits per heavy atom. The van der Waals surface area contributed by atoms with E-state index in [1.165, 1.54) is 4.88 Å². The van der Waals surface area contributed by atoms with E-state index in [-0.39, 0.29) is 11.9 Å². The first-order chi connectivity index (χ1) is 12.5. The van der Waals surface area contributed by atoms with Gasteiger partial charge in [0.1, 0.15) is 6.04 Å². The van der Waals surface area contributed by atoms with Crippen molar-refractivity contribution in [3.8, 4) is 0 Å². The molecule has 0 spiro atoms. The maximum atomic E-state index is 12.7. The van der Waals surface area contributed by atoms with Crippen molar-refractivity contribution in [1.29, 1.82) is 0 Å². The van der Waals surface area contributed by atoms with Gasteiger partial charge in [-0.2, -0.15) is 5.10 Å². The van der Waals surface area contributed by atoms with E-state index in [1.807, 2.05) is 67.9 Å². The van der Waals surface area contributed by atoms with E-state index >= 15 is 0 Å². The fourth-order valence-corrected chi connectivity index (χ4v) is 3.78. The van der Waals surface area contributed by atoms with Gasteiger partial charge < -0.3 is 10.2 Å². The monoisotopic (exact) mass is 368 g/mol. The summed E-state index contributed by atoms with van der Waals surface area (Å²) in [7, 11) is 3.93. The molecule has 1 N–H and O–H groups in total. The second kappa shape index (κ2) is 7.74. The molecule has 0 aliphatic heterocycles. The zero-order chi connectivity index (χ0) is 18.7. The smallest absolute Gasteiger partial charge is 0.251 e. The molecule has 6 heteroatoms. The van der Waals surface area contributed by atoms with Crippen LogP contribution in [-0.4, -0.2) is 36.3 Å². The van der Waals surface area contributed by atoms with E-state index in [1.54, 1.807) is 11.3 Å². The fraction of sp³-hybridized carbons (Fsp3) is 0.300. The Kier molecular flexibility index (Phi) is 5.42. The van der Waals surface area contributed by atoms with Crippen LogP contribution in [0, 0.1) is 13.8 Å². The molecule has 2 aromatic heterocycles. The highest BCUT2D eigenvalue weighted by Gasteiger charge is 2.19. The number of benzene rings is 1. The summed E-state index contributed by atoms with van der Waals surface area (Å²) < 4.78 is 2.00. The second-order valence-corrected chi connectivity index (χ2v) is 7.54. The molecule has 1 aromatic carbocycles. The van der Waals surface area contributed by atoms with Crippen molar-refractivity contribution < 1.29 is 4.79 Å². The number of aromatic nitrogens is 2. The Labute approximate surface area is 158 Å². The highest BCUT2D eigenvalue weighted by molar-refractivity contribution is 7.10. The summed E-state index contributed by atoms with van der Waals surface area (Å²) in [5, 5.41) is 9.75. The largest absolute Gasteiger partial charge is 0.378 e. The lowest BCUT2D eigenvalue weighted by Crippen LogP contribution is -2.32. The number of carbonyl (C=O) groups is 1. The standard InChI is InChI=1S/C20H24N4OS/c1-14-11-15(2)24(22-14)18(19-9-6-10-26-19)13-21-20(25)16-7-5-8-17(12-16)23(3)4/h5-12,18H,13H2,1-4H3,(H,21,25). The lowest BCUT2D eigenvalue weighted by Gasteiger charge is -2.19. The summed E-state index contributed by atoms with van der Waals surface area (Å²) in [6.07, 6.45) is 0. The van der Waals surface area contributed by atoms with E-state index in [2.05, 4.69) is 27.9 Å². The quantitative estimate of drug-likeness (QED) is 0.723. The van der Waals surface area contributed by atoms with Crippen LogP contribution in [0.15, 0.2) is 47.8 Å². The first kappa shape index (κ1) is 18.2. The minimum Gasteiger partial charge on any atom is -0.378 e. The summed E-state index contributed by atoms with van der Waals surface area (Å²) in [6.45, 7) is 4.52. The van der Waals surface area contributed by atoms with Gasteiger partial charge in [-0.05, 0) is 49.6 Å². The number of hydrogen-bond acceptors (Lipinski definition) is 4. The highest BCUT2D eigenvalue weighted by atomic mass is 32.1. The van der Waals surface area contributed by atoms with Gasteiger partial charge in [0.2, 0.25) is 0 Å². The van der Waals surface area contributed by atoms with Gasteiger partial charge in [0, 0.05) is 42.5 Å². The fourth-order valence-electron chi connectivity index (χ4n) is 2.97. The minimum atomic E-state index is -0.0724. The molecule has 0 saturated heterocycles. The van der Waals surface area contributed by atoms with Gasteiger partial charge in [0.05, 0.1) is 5.69 Å². The van der Waals surface area contributed by atoms with Crippen molar-refractivity contribution in [3.63, 3.8) is 0 Å². The molecule has 0 radical (unpaired) electrons. The first-order valence-corrected chi connectivity index (χ1v) is 9.45. The molecule has 0 aliphatic carbocycles. The Bertz CT molecular complexity index is 883. The second-order valence-electron chi connectivity index (χ2n) is 6.56. The number of hydrogen-bond donors (Lipinski definition) is 1. The van der Waals surface area contributed by atoms with Crippen LogP contribution < -0.4 is 10.2 Å². The molecule has 0 bridgehead atoms. The Morgan fingerprint density at radius 3 is 2.65 bits per heavy atom. The molecule has 5 nitrogen and oxygen atoms in total. The molecule has 0 saturated carbocycles. The van der Waals surface area contributed by atoms with Gasteiger partial charge >= 0.3 is 0 Å². The maximum absolute atomic E-state index is 12.7. The van der Waals surface area contributed by atoms with Crippen LogP contribution in [0.5, 0.6) is 0 Å². The van der Waals surface area contributed by atoms with Gasteiger partial charge in [-0.15, -0.1) is 11.3 Å². The zero-order valence-corrected chi connectivity index (χ0v) is 16.4. The molecule has 1 unspecified atom stereocenters. The number of anilines is 1. The lowest BCUT2D eigenvalue weighted by atomic mass is 10.1. The van der Waals surface area contributed by atoms with Crippen molar-refractivity contribution in [3.05, 3.63) is 69.7 Å². The molecule has 26 heavy (non-hydrogen) atoms. The maximum Gasteiger partial charge on any atom is 0.251 e. The predicted octanol–water partition coefficient (Wildman–Crippen LogP) is 3.65. The number of aryl methyl sites for hydroxylation is 2. The van der Waals surface area contributed by atoms with Gasteiger partial charge in [0.25, 0.3) is 5.91 Å². The van der Waals surface area contributed by atoms with Gasteiger partial charge in [-0.1, -0.05) is 12.1 Å². The van der Waals surface area contributed by atoms with Crippen molar-refractivity contribution in [2.75, 3.05) is 25.5 Å². The van der Waals surface area contributed by atoms with E-state index in [0.717, 1.165) is 17.1 Å².